The van der Waals surface area contributed by atoms with E-state index in [0.717, 1.165) is 61.1 Å². The van der Waals surface area contributed by atoms with Gasteiger partial charge in [-0.3, -0.25) is 0 Å². The minimum absolute atomic E-state index is 0.251. The molecule has 1 saturated carbocycles. The number of alkyl halides is 3. The summed E-state index contributed by atoms with van der Waals surface area (Å²) in [5.74, 6) is 2.61. The molecule has 1 aromatic carbocycles. The number of aryl methyl sites for hydroxylation is 1. The minimum atomic E-state index is -4.27. The summed E-state index contributed by atoms with van der Waals surface area (Å²) in [4.78, 5) is 2.49. The van der Waals surface area contributed by atoms with E-state index >= 15 is 0 Å². The van der Waals surface area contributed by atoms with E-state index < -0.39 is 11.7 Å². The second-order valence-electron chi connectivity index (χ2n) is 9.16. The Hall–Kier alpha value is -2.33. The summed E-state index contributed by atoms with van der Waals surface area (Å²) in [5.41, 5.74) is 1.53. The molecular formula is C23H26F3N5OS. The van der Waals surface area contributed by atoms with Crippen molar-refractivity contribution in [1.29, 1.82) is 0 Å². The van der Waals surface area contributed by atoms with Gasteiger partial charge < -0.3 is 14.0 Å². The molecule has 10 heteroatoms. The van der Waals surface area contributed by atoms with Crippen LogP contribution < -0.4 is 0 Å². The predicted molar refractivity (Wildman–Crippen MR) is 119 cm³/mol. The number of likely N-dealkylation sites (tertiary alicyclic amines) is 1. The van der Waals surface area contributed by atoms with Gasteiger partial charge in [0.15, 0.2) is 5.16 Å². The van der Waals surface area contributed by atoms with Crippen LogP contribution in [-0.2, 0) is 13.2 Å². The molecule has 5 rings (SSSR count). The average molecular weight is 478 g/mol. The third-order valence-electron chi connectivity index (χ3n) is 6.83. The molecule has 1 aliphatic heterocycles. The molecule has 1 aliphatic carbocycles. The maximum atomic E-state index is 12.8. The second kappa shape index (κ2) is 8.47. The van der Waals surface area contributed by atoms with E-state index in [-0.39, 0.29) is 5.41 Å². The highest BCUT2D eigenvalue weighted by atomic mass is 32.2. The Morgan fingerprint density at radius 2 is 2.00 bits per heavy atom. The highest BCUT2D eigenvalue weighted by Gasteiger charge is 2.57. The van der Waals surface area contributed by atoms with Gasteiger partial charge in [0.1, 0.15) is 0 Å². The second-order valence-corrected chi connectivity index (χ2v) is 10.2. The number of hydrogen-bond donors (Lipinski definition) is 0. The highest BCUT2D eigenvalue weighted by Crippen LogP contribution is 2.64. The number of rotatable bonds is 7. The molecule has 176 valence electrons. The van der Waals surface area contributed by atoms with Crippen LogP contribution in [0.3, 0.4) is 0 Å². The van der Waals surface area contributed by atoms with Gasteiger partial charge in [0.2, 0.25) is 11.6 Å². The first-order chi connectivity index (χ1) is 15.7. The highest BCUT2D eigenvalue weighted by molar-refractivity contribution is 7.99. The Balaban J connectivity index is 1.09. The lowest BCUT2D eigenvalue weighted by molar-refractivity contribution is -0.137. The largest absolute Gasteiger partial charge is 0.416 e. The van der Waals surface area contributed by atoms with Crippen molar-refractivity contribution in [3.63, 3.8) is 0 Å². The molecule has 2 fully saturated rings. The van der Waals surface area contributed by atoms with Gasteiger partial charge in [-0.25, -0.2) is 0 Å². The molecule has 0 N–H and O–H groups in total. The molecule has 2 aromatic heterocycles. The van der Waals surface area contributed by atoms with Crippen LogP contribution in [0, 0.1) is 12.3 Å². The molecule has 0 radical (unpaired) electrons. The first-order valence-corrected chi connectivity index (χ1v) is 12.1. The fraction of sp³-hybridized carbons (Fsp3) is 0.522. The Labute approximate surface area is 194 Å². The van der Waals surface area contributed by atoms with Crippen LogP contribution in [0.2, 0.25) is 0 Å². The van der Waals surface area contributed by atoms with Gasteiger partial charge >= 0.3 is 6.18 Å². The summed E-state index contributed by atoms with van der Waals surface area (Å²) in [6, 6.07) is 7.60. The molecule has 0 amide bonds. The smallest absolute Gasteiger partial charge is 0.353 e. The Bertz CT molecular complexity index is 1130. The van der Waals surface area contributed by atoms with Crippen LogP contribution in [0.4, 0.5) is 13.2 Å². The van der Waals surface area contributed by atoms with E-state index in [1.807, 2.05) is 24.6 Å². The number of nitrogens with zero attached hydrogens (tertiary/aromatic N) is 5. The van der Waals surface area contributed by atoms with Gasteiger partial charge in [-0.2, -0.15) is 13.2 Å². The van der Waals surface area contributed by atoms with E-state index in [9.17, 15) is 13.2 Å². The fourth-order valence-electron chi connectivity index (χ4n) is 4.93. The Morgan fingerprint density at radius 3 is 2.70 bits per heavy atom. The number of thioether (sulfide) groups is 1. The molecule has 0 bridgehead atoms. The molecule has 33 heavy (non-hydrogen) atoms. The number of aromatic nitrogens is 4. The molecule has 3 aromatic rings. The average Bonchev–Trinajstić information content (AvgIpc) is 3.06. The molecule has 1 spiro atoms. The summed E-state index contributed by atoms with van der Waals surface area (Å²) in [7, 11) is 1.92. The zero-order chi connectivity index (χ0) is 23.2. The van der Waals surface area contributed by atoms with Gasteiger partial charge in [-0.05, 0) is 68.3 Å². The maximum absolute atomic E-state index is 12.8. The third-order valence-corrected chi connectivity index (χ3v) is 7.93. The zero-order valence-corrected chi connectivity index (χ0v) is 19.4. The van der Waals surface area contributed by atoms with Crippen LogP contribution in [0.15, 0.2) is 40.0 Å². The topological polar surface area (TPSA) is 60.0 Å². The van der Waals surface area contributed by atoms with Crippen molar-refractivity contribution >= 4 is 11.8 Å². The minimum Gasteiger partial charge on any atom is -0.353 e. The van der Waals surface area contributed by atoms with Gasteiger partial charge in [-0.1, -0.05) is 29.1 Å². The quantitative estimate of drug-likeness (QED) is 0.346. The molecule has 1 unspecified atom stereocenters. The summed E-state index contributed by atoms with van der Waals surface area (Å²) < 4.78 is 45.7. The SMILES string of the molecule is Cc1cc(-c2nnc(SCCCN3CCC4(C[C@@H]4c4ccc(C(F)(F)F)cc4)C3)n2C)on1. The van der Waals surface area contributed by atoms with Crippen LogP contribution in [0.1, 0.15) is 42.0 Å². The monoisotopic (exact) mass is 477 g/mol. The lowest BCUT2D eigenvalue weighted by Gasteiger charge is -2.16. The molecule has 6 nitrogen and oxygen atoms in total. The normalized spacial score (nSPS) is 23.0. The van der Waals surface area contributed by atoms with Crippen molar-refractivity contribution < 1.29 is 17.7 Å². The van der Waals surface area contributed by atoms with Crippen LogP contribution in [-0.4, -0.2) is 50.2 Å². The summed E-state index contributed by atoms with van der Waals surface area (Å²) in [6.07, 6.45) is -1.04. The van der Waals surface area contributed by atoms with Crippen LogP contribution in [0.5, 0.6) is 0 Å². The zero-order valence-electron chi connectivity index (χ0n) is 18.6. The van der Waals surface area contributed by atoms with E-state index in [0.29, 0.717) is 17.5 Å². The fourth-order valence-corrected chi connectivity index (χ4v) is 5.76. The van der Waals surface area contributed by atoms with Gasteiger partial charge in [0, 0.05) is 25.4 Å². The third kappa shape index (κ3) is 4.55. The van der Waals surface area contributed by atoms with Crippen molar-refractivity contribution in [2.45, 2.75) is 43.4 Å². The molecule has 3 heterocycles. The van der Waals surface area contributed by atoms with Crippen molar-refractivity contribution in [2.24, 2.45) is 12.5 Å². The summed E-state index contributed by atoms with van der Waals surface area (Å²) in [6.45, 7) is 4.97. The number of hydrogen-bond acceptors (Lipinski definition) is 6. The lowest BCUT2D eigenvalue weighted by Crippen LogP contribution is -2.23. The van der Waals surface area contributed by atoms with Crippen molar-refractivity contribution in [2.75, 3.05) is 25.4 Å². The summed E-state index contributed by atoms with van der Waals surface area (Å²) in [5, 5.41) is 13.2. The van der Waals surface area contributed by atoms with Gasteiger partial charge in [0.25, 0.3) is 0 Å². The molecule has 1 saturated heterocycles. The van der Waals surface area contributed by atoms with Crippen LogP contribution in [0.25, 0.3) is 11.6 Å². The van der Waals surface area contributed by atoms with Crippen LogP contribution >= 0.6 is 11.8 Å². The molecule has 2 aliphatic rings. The van der Waals surface area contributed by atoms with E-state index in [2.05, 4.69) is 20.3 Å². The van der Waals surface area contributed by atoms with Crippen molar-refractivity contribution in [3.05, 3.63) is 47.2 Å². The standard InChI is InChI=1S/C23H26F3N5OS/c1-15-12-19(32-29-15)20-27-28-21(30(20)2)33-11-3-9-31-10-8-22(14-31)13-18(22)16-4-6-17(7-5-16)23(24,25)26/h4-7,12,18H,3,8-11,13-14H2,1-2H3/t18-,22?/m1/s1. The Kier molecular flexibility index (Phi) is 5.76. The maximum Gasteiger partial charge on any atom is 0.416 e. The van der Waals surface area contributed by atoms with Gasteiger partial charge in [0.05, 0.1) is 11.3 Å². The van der Waals surface area contributed by atoms with Crippen molar-refractivity contribution in [3.8, 4) is 11.6 Å². The van der Waals surface area contributed by atoms with Crippen molar-refractivity contribution in [1.82, 2.24) is 24.8 Å². The van der Waals surface area contributed by atoms with E-state index in [1.165, 1.54) is 12.1 Å². The van der Waals surface area contributed by atoms with Gasteiger partial charge in [-0.15, -0.1) is 10.2 Å². The number of benzene rings is 1. The number of halogens is 3. The Morgan fingerprint density at radius 1 is 1.21 bits per heavy atom. The first-order valence-electron chi connectivity index (χ1n) is 11.1. The molecule has 2 atom stereocenters. The predicted octanol–water partition coefficient (Wildman–Crippen LogP) is 5.16. The first kappa shape index (κ1) is 22.5. The summed E-state index contributed by atoms with van der Waals surface area (Å²) >= 11 is 1.68. The van der Waals surface area contributed by atoms with E-state index in [1.54, 1.807) is 23.9 Å². The van der Waals surface area contributed by atoms with E-state index in [4.69, 9.17) is 4.52 Å². The lowest BCUT2D eigenvalue weighted by atomic mass is 9.97. The molecular weight excluding hydrogens is 451 g/mol.